The molecule has 0 aliphatic carbocycles. The second-order valence-electron chi connectivity index (χ2n) is 4.11. The summed E-state index contributed by atoms with van der Waals surface area (Å²) < 4.78 is 0. The second-order valence-corrected chi connectivity index (χ2v) is 4.11. The van der Waals surface area contributed by atoms with E-state index in [1.807, 2.05) is 12.1 Å². The highest BCUT2D eigenvalue weighted by Crippen LogP contribution is 2.11. The number of nitrogens with two attached hydrogens (primary N) is 2. The van der Waals surface area contributed by atoms with E-state index in [2.05, 4.69) is 5.32 Å². The van der Waals surface area contributed by atoms with Crippen LogP contribution in [0.5, 0.6) is 0 Å². The summed E-state index contributed by atoms with van der Waals surface area (Å²) in [6, 6.07) is 14.3. The van der Waals surface area contributed by atoms with Gasteiger partial charge in [-0.2, -0.15) is 0 Å². The van der Waals surface area contributed by atoms with E-state index in [0.717, 1.165) is 5.56 Å². The Morgan fingerprint density at radius 2 is 1.42 bits per heavy atom. The summed E-state index contributed by atoms with van der Waals surface area (Å²) >= 11 is 0. The predicted octanol–water partition coefficient (Wildman–Crippen LogP) is 2.50. The van der Waals surface area contributed by atoms with Gasteiger partial charge in [-0.3, -0.25) is 4.79 Å². The van der Waals surface area contributed by atoms with Crippen LogP contribution in [0.1, 0.15) is 5.56 Å². The molecule has 2 rings (SSSR count). The fourth-order valence-electron chi connectivity index (χ4n) is 1.53. The average molecular weight is 253 g/mol. The Morgan fingerprint density at radius 1 is 0.895 bits per heavy atom. The van der Waals surface area contributed by atoms with Gasteiger partial charge in [0.05, 0.1) is 0 Å². The monoisotopic (exact) mass is 253 g/mol. The van der Waals surface area contributed by atoms with Gasteiger partial charge in [0.2, 0.25) is 5.91 Å². The zero-order valence-electron chi connectivity index (χ0n) is 10.3. The molecule has 0 saturated carbocycles. The first kappa shape index (κ1) is 12.7. The van der Waals surface area contributed by atoms with Crippen molar-refractivity contribution in [2.45, 2.75) is 0 Å². The van der Waals surface area contributed by atoms with Crippen LogP contribution in [-0.4, -0.2) is 5.91 Å². The molecule has 0 saturated heterocycles. The van der Waals surface area contributed by atoms with Crippen LogP contribution in [0.15, 0.2) is 54.6 Å². The number of nitrogen functional groups attached to an aromatic ring is 2. The maximum atomic E-state index is 11.7. The number of benzene rings is 2. The van der Waals surface area contributed by atoms with Crippen LogP contribution in [0, 0.1) is 0 Å². The molecule has 0 unspecified atom stereocenters. The summed E-state index contributed by atoms with van der Waals surface area (Å²) in [5.74, 6) is -0.193. The second kappa shape index (κ2) is 5.73. The maximum Gasteiger partial charge on any atom is 0.248 e. The van der Waals surface area contributed by atoms with Crippen molar-refractivity contribution in [3.63, 3.8) is 0 Å². The third-order valence-corrected chi connectivity index (χ3v) is 2.54. The Hall–Kier alpha value is -2.75. The molecular weight excluding hydrogens is 238 g/mol. The summed E-state index contributed by atoms with van der Waals surface area (Å²) in [4.78, 5) is 11.7. The lowest BCUT2D eigenvalue weighted by Gasteiger charge is -2.02. The number of nitrogens with one attached hydrogen (secondary N) is 1. The van der Waals surface area contributed by atoms with E-state index in [9.17, 15) is 4.79 Å². The van der Waals surface area contributed by atoms with Gasteiger partial charge in [0.1, 0.15) is 0 Å². The Labute approximate surface area is 111 Å². The third kappa shape index (κ3) is 3.89. The SMILES string of the molecule is Nc1ccc(/C=C/C(=O)Nc2ccc(N)cc2)cc1. The van der Waals surface area contributed by atoms with E-state index in [4.69, 9.17) is 11.5 Å². The minimum absolute atomic E-state index is 0.193. The highest BCUT2D eigenvalue weighted by atomic mass is 16.1. The fraction of sp³-hybridized carbons (Fsp3) is 0. The molecule has 2 aromatic rings. The van der Waals surface area contributed by atoms with Crippen LogP contribution in [0.3, 0.4) is 0 Å². The molecule has 19 heavy (non-hydrogen) atoms. The van der Waals surface area contributed by atoms with Gasteiger partial charge in [-0.05, 0) is 48.0 Å². The van der Waals surface area contributed by atoms with Gasteiger partial charge in [-0.25, -0.2) is 0 Å². The minimum atomic E-state index is -0.193. The summed E-state index contributed by atoms with van der Waals surface area (Å²) in [5, 5.41) is 2.74. The zero-order valence-corrected chi connectivity index (χ0v) is 10.3. The van der Waals surface area contributed by atoms with Gasteiger partial charge in [0, 0.05) is 23.1 Å². The van der Waals surface area contributed by atoms with Crippen LogP contribution in [0.2, 0.25) is 0 Å². The van der Waals surface area contributed by atoms with Crippen molar-refractivity contribution < 1.29 is 4.79 Å². The fourth-order valence-corrected chi connectivity index (χ4v) is 1.53. The maximum absolute atomic E-state index is 11.7. The lowest BCUT2D eigenvalue weighted by molar-refractivity contribution is -0.111. The van der Waals surface area contributed by atoms with Crippen LogP contribution in [0.25, 0.3) is 6.08 Å². The first-order valence-electron chi connectivity index (χ1n) is 5.83. The Kier molecular flexibility index (Phi) is 3.83. The number of carbonyl (C=O) groups excluding carboxylic acids is 1. The summed E-state index contributed by atoms with van der Waals surface area (Å²) in [6.45, 7) is 0. The van der Waals surface area contributed by atoms with Crippen LogP contribution in [-0.2, 0) is 4.79 Å². The summed E-state index contributed by atoms with van der Waals surface area (Å²) in [5.41, 5.74) is 14.1. The zero-order chi connectivity index (χ0) is 13.7. The number of hydrogen-bond acceptors (Lipinski definition) is 3. The highest BCUT2D eigenvalue weighted by Gasteiger charge is 1.97. The van der Waals surface area contributed by atoms with Crippen LogP contribution < -0.4 is 16.8 Å². The van der Waals surface area contributed by atoms with Crippen molar-refractivity contribution in [3.05, 3.63) is 60.2 Å². The van der Waals surface area contributed by atoms with Gasteiger partial charge in [-0.1, -0.05) is 12.1 Å². The normalized spacial score (nSPS) is 10.5. The number of hydrogen-bond donors (Lipinski definition) is 3. The molecule has 4 heteroatoms. The lowest BCUT2D eigenvalue weighted by atomic mass is 10.2. The number of amides is 1. The Balaban J connectivity index is 1.97. The van der Waals surface area contributed by atoms with Crippen LogP contribution >= 0.6 is 0 Å². The van der Waals surface area contributed by atoms with E-state index in [1.165, 1.54) is 6.08 Å². The van der Waals surface area contributed by atoms with E-state index < -0.39 is 0 Å². The third-order valence-electron chi connectivity index (χ3n) is 2.54. The molecule has 0 aliphatic heterocycles. The van der Waals surface area contributed by atoms with E-state index in [-0.39, 0.29) is 5.91 Å². The van der Waals surface area contributed by atoms with Gasteiger partial charge in [0.25, 0.3) is 0 Å². The average Bonchev–Trinajstić information content (AvgIpc) is 2.41. The molecule has 0 aromatic heterocycles. The molecule has 0 fully saturated rings. The first-order valence-corrected chi connectivity index (χ1v) is 5.83. The van der Waals surface area contributed by atoms with Crippen molar-refractivity contribution in [3.8, 4) is 0 Å². The molecule has 96 valence electrons. The number of rotatable bonds is 3. The number of carbonyl (C=O) groups is 1. The molecule has 0 heterocycles. The molecule has 2 aromatic carbocycles. The Bertz CT molecular complexity index is 586. The summed E-state index contributed by atoms with van der Waals surface area (Å²) in [7, 11) is 0. The standard InChI is InChI=1S/C15H15N3O/c16-12-4-1-11(2-5-12)3-10-15(19)18-14-8-6-13(17)7-9-14/h1-10H,16-17H2,(H,18,19)/b10-3+. The van der Waals surface area contributed by atoms with Gasteiger partial charge < -0.3 is 16.8 Å². The molecule has 1 amide bonds. The smallest absolute Gasteiger partial charge is 0.248 e. The van der Waals surface area contributed by atoms with Crippen molar-refractivity contribution in [1.29, 1.82) is 0 Å². The topological polar surface area (TPSA) is 81.1 Å². The van der Waals surface area contributed by atoms with E-state index in [0.29, 0.717) is 17.1 Å². The van der Waals surface area contributed by atoms with Crippen LogP contribution in [0.4, 0.5) is 17.1 Å². The van der Waals surface area contributed by atoms with E-state index >= 15 is 0 Å². The molecule has 0 bridgehead atoms. The summed E-state index contributed by atoms with van der Waals surface area (Å²) in [6.07, 6.45) is 3.20. The molecule has 4 nitrogen and oxygen atoms in total. The van der Waals surface area contributed by atoms with Gasteiger partial charge in [-0.15, -0.1) is 0 Å². The van der Waals surface area contributed by atoms with Crippen molar-refractivity contribution >= 4 is 29.0 Å². The molecule has 5 N–H and O–H groups in total. The molecule has 0 aliphatic rings. The molecule has 0 atom stereocenters. The quantitative estimate of drug-likeness (QED) is 0.580. The van der Waals surface area contributed by atoms with Crippen molar-refractivity contribution in [1.82, 2.24) is 0 Å². The molecular formula is C15H15N3O. The lowest BCUT2D eigenvalue weighted by Crippen LogP contribution is -2.07. The highest BCUT2D eigenvalue weighted by molar-refractivity contribution is 6.02. The minimum Gasteiger partial charge on any atom is -0.399 e. The Morgan fingerprint density at radius 3 is 2.00 bits per heavy atom. The number of anilines is 3. The first-order chi connectivity index (χ1) is 9.13. The predicted molar refractivity (Wildman–Crippen MR) is 79.4 cm³/mol. The van der Waals surface area contributed by atoms with Crippen molar-refractivity contribution in [2.24, 2.45) is 0 Å². The van der Waals surface area contributed by atoms with E-state index in [1.54, 1.807) is 42.5 Å². The molecule has 0 spiro atoms. The van der Waals surface area contributed by atoms with Crippen molar-refractivity contribution in [2.75, 3.05) is 16.8 Å². The van der Waals surface area contributed by atoms with Gasteiger partial charge >= 0.3 is 0 Å². The molecule has 0 radical (unpaired) electrons. The largest absolute Gasteiger partial charge is 0.399 e. The van der Waals surface area contributed by atoms with Gasteiger partial charge in [0.15, 0.2) is 0 Å².